The summed E-state index contributed by atoms with van der Waals surface area (Å²) in [7, 11) is 0. The number of benzene rings is 2. The third-order valence-corrected chi connectivity index (χ3v) is 8.57. The van der Waals surface area contributed by atoms with E-state index in [0.29, 0.717) is 0 Å². The lowest BCUT2D eigenvalue weighted by atomic mass is 10.1. The molecular formula is C45H46F6N4O16. The summed E-state index contributed by atoms with van der Waals surface area (Å²) in [6, 6.07) is 10.1. The molecule has 0 N–H and O–H groups in total. The Morgan fingerprint density at radius 2 is 0.901 bits per heavy atom. The van der Waals surface area contributed by atoms with Gasteiger partial charge in [0.2, 0.25) is 0 Å². The lowest BCUT2D eigenvalue weighted by molar-refractivity contribution is -0.275. The van der Waals surface area contributed by atoms with Crippen molar-refractivity contribution in [1.29, 1.82) is 10.5 Å². The minimum Gasteiger partial charge on any atom is -0.459 e. The third kappa shape index (κ3) is 23.0. The summed E-state index contributed by atoms with van der Waals surface area (Å²) in [6.45, 7) is 7.18. The molecule has 384 valence electrons. The molecule has 20 nitrogen and oxygen atoms in total. The van der Waals surface area contributed by atoms with E-state index in [0.717, 1.165) is 48.6 Å². The summed E-state index contributed by atoms with van der Waals surface area (Å²) in [6.07, 6.45) is -9.24. The Morgan fingerprint density at radius 3 is 1.23 bits per heavy atom. The first-order chi connectivity index (χ1) is 33.7. The molecule has 2 aromatic rings. The number of rotatable bonds is 28. The fourth-order valence-corrected chi connectivity index (χ4v) is 5.39. The SMILES string of the molecule is C=CC(=O)OCCOC(=O)C(C#N)=Cc1ccc(N(CC)CCOC(=O)OCCCOC(=O)OCCN(CC)c2ccc(C=C(C#N)C(=O)OCCOC(=O)C=C)c(OC(F)(F)F)c2)cc1OC(F)(F)F. The maximum atomic E-state index is 13.4. The maximum Gasteiger partial charge on any atom is 0.573 e. The van der Waals surface area contributed by atoms with Gasteiger partial charge >= 0.3 is 48.9 Å². The third-order valence-electron chi connectivity index (χ3n) is 8.57. The van der Waals surface area contributed by atoms with E-state index in [4.69, 9.17) is 28.4 Å². The van der Waals surface area contributed by atoms with Crippen LogP contribution in [0.5, 0.6) is 11.5 Å². The molecule has 0 aromatic heterocycles. The van der Waals surface area contributed by atoms with Crippen molar-refractivity contribution in [3.63, 3.8) is 0 Å². The molecule has 0 aliphatic rings. The highest BCUT2D eigenvalue weighted by atomic mass is 19.4. The largest absolute Gasteiger partial charge is 0.573 e. The van der Waals surface area contributed by atoms with Gasteiger partial charge in [-0.05, 0) is 50.3 Å². The van der Waals surface area contributed by atoms with E-state index in [1.807, 2.05) is 0 Å². The summed E-state index contributed by atoms with van der Waals surface area (Å²) in [4.78, 5) is 74.3. The zero-order chi connectivity index (χ0) is 53.0. The van der Waals surface area contributed by atoms with Gasteiger partial charge in [0.05, 0.1) is 26.3 Å². The second-order valence-electron chi connectivity index (χ2n) is 13.3. The van der Waals surface area contributed by atoms with Crippen molar-refractivity contribution >= 4 is 59.7 Å². The van der Waals surface area contributed by atoms with Crippen LogP contribution in [0, 0.1) is 22.7 Å². The molecule has 71 heavy (non-hydrogen) atoms. The fourth-order valence-electron chi connectivity index (χ4n) is 5.39. The molecule has 0 bridgehead atoms. The van der Waals surface area contributed by atoms with Crippen LogP contribution in [0.2, 0.25) is 0 Å². The minimum absolute atomic E-state index is 0.00921. The van der Waals surface area contributed by atoms with Crippen LogP contribution in [0.1, 0.15) is 31.4 Å². The van der Waals surface area contributed by atoms with Crippen molar-refractivity contribution in [2.45, 2.75) is 33.0 Å². The fraction of sp³-hybridized carbons (Fsp3) is 0.378. The van der Waals surface area contributed by atoms with E-state index in [1.165, 1.54) is 34.1 Å². The van der Waals surface area contributed by atoms with Crippen molar-refractivity contribution in [3.05, 3.63) is 84.0 Å². The molecule has 2 aromatic carbocycles. The number of likely N-dealkylation sites (N-methyl/N-ethyl adjacent to an activating group) is 2. The number of carbonyl (C=O) groups excluding carboxylic acids is 6. The Kier molecular flexibility index (Phi) is 24.9. The molecule has 0 radical (unpaired) electrons. The van der Waals surface area contributed by atoms with Crippen LogP contribution in [-0.4, -0.2) is 128 Å². The van der Waals surface area contributed by atoms with Crippen molar-refractivity contribution in [1.82, 2.24) is 0 Å². The number of alkyl halides is 6. The van der Waals surface area contributed by atoms with Gasteiger partial charge in [-0.1, -0.05) is 13.2 Å². The molecule has 0 spiro atoms. The number of halogens is 6. The molecule has 0 amide bonds. The van der Waals surface area contributed by atoms with Gasteiger partial charge in [0, 0.05) is 66.3 Å². The van der Waals surface area contributed by atoms with Gasteiger partial charge < -0.3 is 57.2 Å². The van der Waals surface area contributed by atoms with Crippen LogP contribution >= 0.6 is 0 Å². The van der Waals surface area contributed by atoms with Crippen LogP contribution in [-0.2, 0) is 57.1 Å². The van der Waals surface area contributed by atoms with Gasteiger partial charge in [-0.3, -0.25) is 0 Å². The molecule has 0 saturated carbocycles. The summed E-state index contributed by atoms with van der Waals surface area (Å²) in [5.41, 5.74) is -1.67. The van der Waals surface area contributed by atoms with Gasteiger partial charge in [0.25, 0.3) is 0 Å². The molecule has 0 saturated heterocycles. The molecule has 2 rings (SSSR count). The van der Waals surface area contributed by atoms with Gasteiger partial charge in [0.15, 0.2) is 0 Å². The average molecular weight is 1010 g/mol. The van der Waals surface area contributed by atoms with Crippen LogP contribution in [0.25, 0.3) is 12.2 Å². The summed E-state index contributed by atoms with van der Waals surface area (Å²) in [5, 5.41) is 18.9. The number of hydrogen-bond acceptors (Lipinski definition) is 20. The number of ether oxygens (including phenoxy) is 10. The van der Waals surface area contributed by atoms with Crippen molar-refractivity contribution in [3.8, 4) is 23.6 Å². The first-order valence-electron chi connectivity index (χ1n) is 20.7. The number of nitrogens with zero attached hydrogens (tertiary/aromatic N) is 4. The molecule has 26 heteroatoms. The predicted molar refractivity (Wildman–Crippen MR) is 233 cm³/mol. The average Bonchev–Trinajstić information content (AvgIpc) is 3.32. The zero-order valence-corrected chi connectivity index (χ0v) is 38.0. The smallest absolute Gasteiger partial charge is 0.459 e. The van der Waals surface area contributed by atoms with Crippen molar-refractivity contribution in [2.24, 2.45) is 0 Å². The van der Waals surface area contributed by atoms with E-state index < -0.39 is 84.8 Å². The van der Waals surface area contributed by atoms with E-state index >= 15 is 0 Å². The second kappa shape index (κ2) is 30.1. The number of anilines is 2. The van der Waals surface area contributed by atoms with Gasteiger partial charge in [-0.2, -0.15) is 10.5 Å². The van der Waals surface area contributed by atoms with E-state index in [2.05, 4.69) is 32.1 Å². The lowest BCUT2D eigenvalue weighted by Crippen LogP contribution is -2.28. The quantitative estimate of drug-likeness (QED) is 0.0210. The monoisotopic (exact) mass is 1010 g/mol. The Balaban J connectivity index is 1.89. The van der Waals surface area contributed by atoms with Crippen LogP contribution in [0.4, 0.5) is 47.3 Å². The number of esters is 4. The molecule has 0 atom stereocenters. The lowest BCUT2D eigenvalue weighted by Gasteiger charge is -2.24. The van der Waals surface area contributed by atoms with Crippen LogP contribution in [0.3, 0.4) is 0 Å². The van der Waals surface area contributed by atoms with Crippen molar-refractivity contribution < 1.29 is 102 Å². The summed E-state index contributed by atoms with van der Waals surface area (Å²) >= 11 is 0. The zero-order valence-electron chi connectivity index (χ0n) is 38.0. The Bertz CT molecular complexity index is 2180. The highest BCUT2D eigenvalue weighted by Gasteiger charge is 2.34. The Labute approximate surface area is 401 Å². The molecule has 0 unspecified atom stereocenters. The topological polar surface area (TPSA) is 249 Å². The number of nitriles is 2. The highest BCUT2D eigenvalue weighted by molar-refractivity contribution is 5.99. The van der Waals surface area contributed by atoms with Crippen LogP contribution in [0.15, 0.2) is 72.9 Å². The standard InChI is InChI=1S/C45H46F6N4O16/c1-5-38(56)62-20-22-64-40(58)32(28-52)24-30-10-12-34(26-36(30)70-44(46,47)48)54(7-3)14-18-68-42(60)66-16-9-17-67-43(61)69-19-15-55(8-4)35-13-11-31(37(27-35)71-45(49,50)51)25-33(29-53)41(59)65-23-21-63-39(57)6-2/h5-6,10-13,24-27H,1-2,7-9,14-23H2,3-4H3. The highest BCUT2D eigenvalue weighted by Crippen LogP contribution is 2.34. The van der Waals surface area contributed by atoms with Crippen LogP contribution < -0.4 is 19.3 Å². The van der Waals surface area contributed by atoms with E-state index in [-0.39, 0.29) is 94.7 Å². The molecule has 0 aliphatic carbocycles. The van der Waals surface area contributed by atoms with E-state index in [1.54, 1.807) is 13.8 Å². The van der Waals surface area contributed by atoms with Gasteiger partial charge in [-0.25, -0.2) is 28.8 Å². The minimum atomic E-state index is -5.18. The van der Waals surface area contributed by atoms with E-state index in [9.17, 15) is 65.6 Å². The van der Waals surface area contributed by atoms with Crippen molar-refractivity contribution in [2.75, 3.05) is 88.8 Å². The number of hydrogen-bond donors (Lipinski definition) is 0. The normalized spacial score (nSPS) is 11.3. The molecular weight excluding hydrogens is 966 g/mol. The first kappa shape index (κ1) is 58.7. The second-order valence-corrected chi connectivity index (χ2v) is 13.3. The maximum absolute atomic E-state index is 13.4. The Morgan fingerprint density at radius 1 is 0.549 bits per heavy atom. The first-order valence-corrected chi connectivity index (χ1v) is 20.7. The summed E-state index contributed by atoms with van der Waals surface area (Å²) < 4.78 is 127. The van der Waals surface area contributed by atoms with Gasteiger partial charge in [-0.15, -0.1) is 26.3 Å². The van der Waals surface area contributed by atoms with Gasteiger partial charge in [0.1, 0.15) is 74.4 Å². The predicted octanol–water partition coefficient (Wildman–Crippen LogP) is 6.89. The molecule has 0 heterocycles. The molecule has 0 fully saturated rings. The number of carbonyl (C=O) groups is 6. The summed E-state index contributed by atoms with van der Waals surface area (Å²) in [5.74, 6) is -5.57. The Hall–Kier alpha value is -8.42. The molecule has 0 aliphatic heterocycles.